The Labute approximate surface area is 134 Å². The largest absolute Gasteiger partial charge is 0.518 e. The van der Waals surface area contributed by atoms with E-state index < -0.39 is 15.2 Å². The summed E-state index contributed by atoms with van der Waals surface area (Å²) in [5.74, 6) is 0. The molecule has 1 aromatic heterocycles. The molecule has 1 aliphatic rings. The van der Waals surface area contributed by atoms with Crippen LogP contribution in [0.5, 0.6) is 0 Å². The van der Waals surface area contributed by atoms with E-state index in [9.17, 15) is 0 Å². The van der Waals surface area contributed by atoms with E-state index in [4.69, 9.17) is 14.0 Å². The van der Waals surface area contributed by atoms with E-state index in [1.807, 2.05) is 33.9 Å². The molecule has 0 atom stereocenters. The van der Waals surface area contributed by atoms with Crippen LogP contribution >= 0.6 is 0 Å². The molecular weight excluding hydrogens is 297 g/mol. The van der Waals surface area contributed by atoms with Crippen molar-refractivity contribution in [3.05, 3.63) is 6.20 Å². The lowest BCUT2D eigenvalue weighted by molar-refractivity contribution is 0.00578. The summed E-state index contributed by atoms with van der Waals surface area (Å²) in [5, 5.41) is 8.23. The average molecular weight is 325 g/mol. The van der Waals surface area contributed by atoms with Crippen LogP contribution in [0.3, 0.4) is 0 Å². The average Bonchev–Trinajstić information content (AvgIpc) is 2.87. The van der Waals surface area contributed by atoms with Gasteiger partial charge in [0, 0.05) is 20.9 Å². The van der Waals surface area contributed by atoms with Gasteiger partial charge >= 0.3 is 7.12 Å². The van der Waals surface area contributed by atoms with Gasteiger partial charge in [0.25, 0.3) is 0 Å². The van der Waals surface area contributed by atoms with Gasteiger partial charge in [0.1, 0.15) is 12.3 Å². The third-order valence-electron chi connectivity index (χ3n) is 4.27. The Balaban J connectivity index is 1.87. The predicted molar refractivity (Wildman–Crippen MR) is 89.8 cm³/mol. The molecule has 8 heteroatoms. The Kier molecular flexibility index (Phi) is 4.87. The molecule has 1 saturated heterocycles. The fourth-order valence-corrected chi connectivity index (χ4v) is 2.74. The van der Waals surface area contributed by atoms with E-state index in [1.54, 1.807) is 4.68 Å². The van der Waals surface area contributed by atoms with Crippen LogP contribution < -0.4 is 5.59 Å². The van der Waals surface area contributed by atoms with Crippen molar-refractivity contribution in [3.8, 4) is 0 Å². The lowest BCUT2D eigenvalue weighted by Crippen LogP contribution is -2.41. The smallest absolute Gasteiger partial charge is 0.398 e. The van der Waals surface area contributed by atoms with Crippen LogP contribution in [0.1, 0.15) is 27.7 Å². The third-order valence-corrected chi connectivity index (χ3v) is 5.98. The van der Waals surface area contributed by atoms with E-state index in [1.165, 1.54) is 0 Å². The molecule has 0 radical (unpaired) electrons. The Morgan fingerprint density at radius 2 is 1.77 bits per heavy atom. The normalized spacial score (nSPS) is 20.6. The maximum absolute atomic E-state index is 5.96. The molecule has 1 aromatic rings. The standard InChI is InChI=1S/C14H28BN3O3Si/c1-13(2)14(3,4)21-15(20-13)12-10-18(17-16-12)11-19-8-9-22(5,6)7/h10H,8-9,11H2,1-7H3. The highest BCUT2D eigenvalue weighted by molar-refractivity contribution is 6.76. The molecule has 0 bridgehead atoms. The van der Waals surface area contributed by atoms with Crippen LogP contribution in [0.4, 0.5) is 0 Å². The van der Waals surface area contributed by atoms with Gasteiger partial charge in [0.2, 0.25) is 0 Å². The van der Waals surface area contributed by atoms with Crippen molar-refractivity contribution in [3.63, 3.8) is 0 Å². The van der Waals surface area contributed by atoms with Crippen molar-refractivity contribution >= 4 is 20.8 Å². The molecule has 0 unspecified atom stereocenters. The molecule has 0 aromatic carbocycles. The first-order valence-corrected chi connectivity index (χ1v) is 11.5. The summed E-state index contributed by atoms with van der Waals surface area (Å²) >= 11 is 0. The number of nitrogens with zero attached hydrogens (tertiary/aromatic N) is 3. The molecule has 0 aliphatic carbocycles. The second-order valence-corrected chi connectivity index (χ2v) is 13.7. The van der Waals surface area contributed by atoms with Gasteiger partial charge < -0.3 is 14.0 Å². The van der Waals surface area contributed by atoms with Crippen LogP contribution in [0.25, 0.3) is 0 Å². The highest BCUT2D eigenvalue weighted by Crippen LogP contribution is 2.36. The quantitative estimate of drug-likeness (QED) is 0.590. The third kappa shape index (κ3) is 4.19. The Morgan fingerprint density at radius 3 is 2.32 bits per heavy atom. The molecule has 2 rings (SSSR count). The van der Waals surface area contributed by atoms with Crippen LogP contribution in [0.15, 0.2) is 6.20 Å². The monoisotopic (exact) mass is 325 g/mol. The highest BCUT2D eigenvalue weighted by atomic mass is 28.3. The van der Waals surface area contributed by atoms with Crippen molar-refractivity contribution in [2.75, 3.05) is 6.61 Å². The highest BCUT2D eigenvalue weighted by Gasteiger charge is 2.52. The van der Waals surface area contributed by atoms with Gasteiger partial charge in [-0.25, -0.2) is 4.68 Å². The van der Waals surface area contributed by atoms with E-state index in [0.717, 1.165) is 12.7 Å². The van der Waals surface area contributed by atoms with Gasteiger partial charge in [-0.15, -0.1) is 5.10 Å². The van der Waals surface area contributed by atoms with Crippen LogP contribution in [-0.2, 0) is 20.8 Å². The summed E-state index contributed by atoms with van der Waals surface area (Å²) in [5.41, 5.74) is -0.0441. The molecule has 1 fully saturated rings. The molecule has 2 heterocycles. The summed E-state index contributed by atoms with van der Waals surface area (Å²) in [6.07, 6.45) is 1.83. The minimum Gasteiger partial charge on any atom is -0.398 e. The summed E-state index contributed by atoms with van der Waals surface area (Å²) < 4.78 is 19.3. The van der Waals surface area contributed by atoms with Crippen molar-refractivity contribution in [2.24, 2.45) is 0 Å². The zero-order chi connectivity index (χ0) is 16.6. The number of ether oxygens (including phenoxy) is 1. The van der Waals surface area contributed by atoms with E-state index >= 15 is 0 Å². The fourth-order valence-electron chi connectivity index (χ4n) is 1.98. The van der Waals surface area contributed by atoms with Crippen LogP contribution in [0.2, 0.25) is 25.7 Å². The van der Waals surface area contributed by atoms with Crippen LogP contribution in [0, 0.1) is 0 Å². The summed E-state index contributed by atoms with van der Waals surface area (Å²) in [6, 6.07) is 1.14. The van der Waals surface area contributed by atoms with E-state index in [0.29, 0.717) is 12.3 Å². The molecule has 0 spiro atoms. The molecule has 0 saturated carbocycles. The van der Waals surface area contributed by atoms with Gasteiger partial charge in [0.15, 0.2) is 0 Å². The number of hydrogen-bond donors (Lipinski definition) is 0. The van der Waals surface area contributed by atoms with Crippen molar-refractivity contribution < 1.29 is 14.0 Å². The van der Waals surface area contributed by atoms with Crippen LogP contribution in [-0.4, -0.2) is 48.0 Å². The lowest BCUT2D eigenvalue weighted by atomic mass is 9.86. The minimum atomic E-state index is -1.05. The molecule has 1 aliphatic heterocycles. The van der Waals surface area contributed by atoms with Gasteiger partial charge in [0.05, 0.1) is 11.2 Å². The number of rotatable bonds is 6. The molecule has 0 N–H and O–H groups in total. The van der Waals surface area contributed by atoms with Gasteiger partial charge in [-0.05, 0) is 33.7 Å². The molecule has 124 valence electrons. The minimum absolute atomic E-state index is 0.366. The van der Waals surface area contributed by atoms with Gasteiger partial charge in [-0.2, -0.15) is 0 Å². The molecule has 22 heavy (non-hydrogen) atoms. The number of hydrogen-bond acceptors (Lipinski definition) is 5. The Hall–Kier alpha value is -0.698. The van der Waals surface area contributed by atoms with E-state index in [2.05, 4.69) is 30.0 Å². The summed E-state index contributed by atoms with van der Waals surface area (Å²) in [6.45, 7) is 16.3. The topological polar surface area (TPSA) is 58.4 Å². The SMILES string of the molecule is CC1(C)OB(c2cn(COCC[Si](C)(C)C)nn2)OC1(C)C. The fraction of sp³-hybridized carbons (Fsp3) is 0.857. The maximum atomic E-state index is 5.96. The maximum Gasteiger partial charge on any atom is 0.518 e. The van der Waals surface area contributed by atoms with Crippen molar-refractivity contribution in [2.45, 2.75) is 71.3 Å². The second kappa shape index (κ2) is 6.07. The summed E-state index contributed by atoms with van der Waals surface area (Å²) in [4.78, 5) is 0. The Morgan fingerprint density at radius 1 is 1.18 bits per heavy atom. The van der Waals surface area contributed by atoms with Gasteiger partial charge in [-0.3, -0.25) is 0 Å². The number of aromatic nitrogens is 3. The first-order valence-electron chi connectivity index (χ1n) is 7.84. The van der Waals surface area contributed by atoms with Gasteiger partial charge in [-0.1, -0.05) is 24.9 Å². The first kappa shape index (κ1) is 17.7. The van der Waals surface area contributed by atoms with Crippen molar-refractivity contribution in [1.29, 1.82) is 0 Å². The molecular formula is C14H28BN3O3Si. The van der Waals surface area contributed by atoms with Crippen molar-refractivity contribution in [1.82, 2.24) is 15.0 Å². The predicted octanol–water partition coefficient (Wildman–Crippen LogP) is 1.89. The first-order chi connectivity index (χ1) is 10.0. The lowest BCUT2D eigenvalue weighted by Gasteiger charge is -2.32. The summed E-state index contributed by atoms with van der Waals surface area (Å²) in [7, 11) is -1.53. The molecule has 0 amide bonds. The zero-order valence-electron chi connectivity index (χ0n) is 14.8. The second-order valence-electron chi connectivity index (χ2n) is 8.12. The molecule has 6 nitrogen and oxygen atoms in total. The van der Waals surface area contributed by atoms with E-state index in [-0.39, 0.29) is 11.2 Å². The zero-order valence-corrected chi connectivity index (χ0v) is 15.8. The Bertz CT molecular complexity index is 498.